The Morgan fingerprint density at radius 2 is 1.91 bits per heavy atom. The molecule has 3 rings (SSSR count). The molecule has 3 aromatic rings. The number of imidazole rings is 1. The van der Waals surface area contributed by atoms with E-state index in [9.17, 15) is 0 Å². The van der Waals surface area contributed by atoms with E-state index in [-0.39, 0.29) is 5.41 Å². The SMILES string of the molecule is CC(C)(C)c1cccc(Nc2ncc(-c3cccnc3)[nH]2)n1. The van der Waals surface area contributed by atoms with Crippen LogP contribution in [0.5, 0.6) is 0 Å². The number of nitrogens with zero attached hydrogens (tertiary/aromatic N) is 3. The van der Waals surface area contributed by atoms with Crippen LogP contribution in [-0.4, -0.2) is 19.9 Å². The van der Waals surface area contributed by atoms with Gasteiger partial charge in [-0.15, -0.1) is 0 Å². The van der Waals surface area contributed by atoms with Crippen LogP contribution in [0.2, 0.25) is 0 Å². The molecule has 5 heteroatoms. The number of rotatable bonds is 3. The Bertz CT molecular complexity index is 756. The van der Waals surface area contributed by atoms with Gasteiger partial charge in [0.2, 0.25) is 5.95 Å². The smallest absolute Gasteiger partial charge is 0.206 e. The van der Waals surface area contributed by atoms with E-state index in [0.29, 0.717) is 5.95 Å². The number of pyridine rings is 2. The third-order valence-corrected chi connectivity index (χ3v) is 3.31. The molecule has 0 aliphatic heterocycles. The maximum absolute atomic E-state index is 4.64. The maximum atomic E-state index is 4.64. The van der Waals surface area contributed by atoms with Crippen molar-refractivity contribution < 1.29 is 0 Å². The first-order valence-corrected chi connectivity index (χ1v) is 7.22. The van der Waals surface area contributed by atoms with Gasteiger partial charge >= 0.3 is 0 Å². The molecule has 0 saturated carbocycles. The number of nitrogens with one attached hydrogen (secondary N) is 2. The molecule has 112 valence electrons. The lowest BCUT2D eigenvalue weighted by Crippen LogP contribution is -2.14. The van der Waals surface area contributed by atoms with Crippen molar-refractivity contribution in [3.63, 3.8) is 0 Å². The summed E-state index contributed by atoms with van der Waals surface area (Å²) in [6, 6.07) is 9.86. The van der Waals surface area contributed by atoms with Crippen molar-refractivity contribution in [2.45, 2.75) is 26.2 Å². The van der Waals surface area contributed by atoms with Crippen molar-refractivity contribution in [1.82, 2.24) is 19.9 Å². The molecule has 3 aromatic heterocycles. The summed E-state index contributed by atoms with van der Waals surface area (Å²) >= 11 is 0. The lowest BCUT2D eigenvalue weighted by molar-refractivity contribution is 0.570. The van der Waals surface area contributed by atoms with Gasteiger partial charge in [0, 0.05) is 29.1 Å². The number of hydrogen-bond acceptors (Lipinski definition) is 4. The van der Waals surface area contributed by atoms with E-state index in [1.54, 1.807) is 18.6 Å². The molecule has 0 bridgehead atoms. The monoisotopic (exact) mass is 293 g/mol. The maximum Gasteiger partial charge on any atom is 0.206 e. The summed E-state index contributed by atoms with van der Waals surface area (Å²) in [5.41, 5.74) is 2.97. The summed E-state index contributed by atoms with van der Waals surface area (Å²) in [6.07, 6.45) is 5.34. The Hall–Kier alpha value is -2.69. The summed E-state index contributed by atoms with van der Waals surface area (Å²) in [4.78, 5) is 16.3. The average Bonchev–Trinajstić information content (AvgIpc) is 2.96. The minimum absolute atomic E-state index is 0.0156. The van der Waals surface area contributed by atoms with E-state index in [4.69, 9.17) is 0 Å². The molecule has 0 unspecified atom stereocenters. The van der Waals surface area contributed by atoms with Crippen LogP contribution in [0, 0.1) is 0 Å². The molecule has 0 amide bonds. The predicted molar refractivity (Wildman–Crippen MR) is 88.0 cm³/mol. The van der Waals surface area contributed by atoms with Gasteiger partial charge in [-0.3, -0.25) is 4.98 Å². The fraction of sp³-hybridized carbons (Fsp3) is 0.235. The highest BCUT2D eigenvalue weighted by Crippen LogP contribution is 2.23. The van der Waals surface area contributed by atoms with E-state index in [1.165, 1.54) is 0 Å². The van der Waals surface area contributed by atoms with Crippen LogP contribution in [0.25, 0.3) is 11.3 Å². The quantitative estimate of drug-likeness (QED) is 0.768. The Labute approximate surface area is 129 Å². The van der Waals surface area contributed by atoms with Crippen LogP contribution in [0.3, 0.4) is 0 Å². The standard InChI is InChI=1S/C17H19N5/c1-17(2,3)14-7-4-8-15(21-14)22-16-19-11-13(20-16)12-6-5-9-18-10-12/h4-11H,1-3H3,(H2,19,20,21,22). The highest BCUT2D eigenvalue weighted by molar-refractivity contribution is 5.60. The first-order valence-electron chi connectivity index (χ1n) is 7.22. The molecule has 0 saturated heterocycles. The summed E-state index contributed by atoms with van der Waals surface area (Å²) < 4.78 is 0. The van der Waals surface area contributed by atoms with E-state index in [1.807, 2.05) is 30.3 Å². The number of anilines is 2. The zero-order chi connectivity index (χ0) is 15.6. The van der Waals surface area contributed by atoms with Gasteiger partial charge < -0.3 is 10.3 Å². The van der Waals surface area contributed by atoms with Gasteiger partial charge in [0.15, 0.2) is 0 Å². The van der Waals surface area contributed by atoms with Crippen LogP contribution in [0.4, 0.5) is 11.8 Å². The first-order chi connectivity index (χ1) is 10.5. The van der Waals surface area contributed by atoms with Crippen LogP contribution in [0.1, 0.15) is 26.5 Å². The summed E-state index contributed by atoms with van der Waals surface area (Å²) in [5.74, 6) is 1.44. The molecule has 5 nitrogen and oxygen atoms in total. The average molecular weight is 293 g/mol. The number of H-pyrrole nitrogens is 1. The lowest BCUT2D eigenvalue weighted by Gasteiger charge is -2.18. The van der Waals surface area contributed by atoms with Gasteiger partial charge in [-0.25, -0.2) is 9.97 Å². The highest BCUT2D eigenvalue weighted by Gasteiger charge is 2.15. The predicted octanol–water partition coefficient (Wildman–Crippen LogP) is 3.91. The first kappa shape index (κ1) is 14.3. The van der Waals surface area contributed by atoms with Crippen molar-refractivity contribution in [3.8, 4) is 11.3 Å². The molecule has 0 aliphatic rings. The zero-order valence-electron chi connectivity index (χ0n) is 13.0. The van der Waals surface area contributed by atoms with Gasteiger partial charge in [0.25, 0.3) is 0 Å². The molecule has 3 heterocycles. The van der Waals surface area contributed by atoms with Crippen molar-refractivity contribution in [2.75, 3.05) is 5.32 Å². The van der Waals surface area contributed by atoms with Gasteiger partial charge in [-0.2, -0.15) is 0 Å². The second-order valence-corrected chi connectivity index (χ2v) is 6.17. The van der Waals surface area contributed by atoms with E-state index in [0.717, 1.165) is 22.8 Å². The van der Waals surface area contributed by atoms with Gasteiger partial charge in [-0.05, 0) is 24.3 Å². The van der Waals surface area contributed by atoms with Crippen molar-refractivity contribution in [3.05, 3.63) is 54.6 Å². The third kappa shape index (κ3) is 3.14. The van der Waals surface area contributed by atoms with Crippen LogP contribution < -0.4 is 5.32 Å². The molecule has 0 aliphatic carbocycles. The second-order valence-electron chi connectivity index (χ2n) is 6.17. The molecule has 2 N–H and O–H groups in total. The summed E-state index contributed by atoms with van der Waals surface area (Å²) in [6.45, 7) is 6.44. The van der Waals surface area contributed by atoms with E-state index in [2.05, 4.69) is 46.0 Å². The van der Waals surface area contributed by atoms with Crippen molar-refractivity contribution >= 4 is 11.8 Å². The normalized spacial score (nSPS) is 11.4. The largest absolute Gasteiger partial charge is 0.324 e. The number of aromatic nitrogens is 4. The Balaban J connectivity index is 1.81. The van der Waals surface area contributed by atoms with Crippen molar-refractivity contribution in [2.24, 2.45) is 0 Å². The second kappa shape index (κ2) is 5.60. The van der Waals surface area contributed by atoms with E-state index < -0.39 is 0 Å². The lowest BCUT2D eigenvalue weighted by atomic mass is 9.92. The molecule has 0 aromatic carbocycles. The molecule has 0 radical (unpaired) electrons. The van der Waals surface area contributed by atoms with Gasteiger partial charge in [-0.1, -0.05) is 26.8 Å². The highest BCUT2D eigenvalue weighted by atomic mass is 15.1. The number of hydrogen-bond donors (Lipinski definition) is 2. The van der Waals surface area contributed by atoms with Crippen LogP contribution in [0.15, 0.2) is 48.9 Å². The van der Waals surface area contributed by atoms with E-state index >= 15 is 0 Å². The Morgan fingerprint density at radius 1 is 1.05 bits per heavy atom. The minimum atomic E-state index is 0.0156. The zero-order valence-corrected chi connectivity index (χ0v) is 13.0. The van der Waals surface area contributed by atoms with Crippen LogP contribution in [-0.2, 0) is 5.41 Å². The fourth-order valence-electron chi connectivity index (χ4n) is 2.10. The molecular weight excluding hydrogens is 274 g/mol. The van der Waals surface area contributed by atoms with Crippen LogP contribution >= 0.6 is 0 Å². The van der Waals surface area contributed by atoms with Gasteiger partial charge in [0.05, 0.1) is 11.9 Å². The molecule has 0 atom stereocenters. The molecule has 0 spiro atoms. The topological polar surface area (TPSA) is 66.5 Å². The minimum Gasteiger partial charge on any atom is -0.324 e. The van der Waals surface area contributed by atoms with Crippen molar-refractivity contribution in [1.29, 1.82) is 0 Å². The third-order valence-electron chi connectivity index (χ3n) is 3.31. The summed E-state index contributed by atoms with van der Waals surface area (Å²) in [7, 11) is 0. The molecule has 22 heavy (non-hydrogen) atoms. The fourth-order valence-corrected chi connectivity index (χ4v) is 2.10. The summed E-state index contributed by atoms with van der Waals surface area (Å²) in [5, 5.41) is 3.21. The molecule has 0 fully saturated rings. The Morgan fingerprint density at radius 3 is 2.64 bits per heavy atom. The Kier molecular flexibility index (Phi) is 3.63. The van der Waals surface area contributed by atoms with Gasteiger partial charge in [0.1, 0.15) is 5.82 Å². The number of aromatic amines is 1. The molecular formula is C17H19N5.